The van der Waals surface area contributed by atoms with Crippen LogP contribution in [0.25, 0.3) is 0 Å². The highest BCUT2D eigenvalue weighted by Crippen LogP contribution is 2.46. The van der Waals surface area contributed by atoms with Crippen molar-refractivity contribution in [2.24, 2.45) is 0 Å². The predicted molar refractivity (Wildman–Crippen MR) is 105 cm³/mol. The van der Waals surface area contributed by atoms with Crippen LogP contribution < -0.4 is 20.3 Å². The number of carbonyl (C=O) groups is 1. The zero-order chi connectivity index (χ0) is 19.7. The van der Waals surface area contributed by atoms with E-state index in [1.54, 1.807) is 13.8 Å². The molecule has 0 unspecified atom stereocenters. The minimum atomic E-state index is -0.528. The molecule has 7 heteroatoms. The van der Waals surface area contributed by atoms with E-state index in [-0.39, 0.29) is 17.9 Å². The molecule has 2 N–H and O–H groups in total. The summed E-state index contributed by atoms with van der Waals surface area (Å²) in [5.74, 6) is 1.29. The Morgan fingerprint density at radius 2 is 1.93 bits per heavy atom. The lowest BCUT2D eigenvalue weighted by Crippen LogP contribution is -2.40. The third kappa shape index (κ3) is 3.74. The lowest BCUT2D eigenvalue weighted by Gasteiger charge is -2.31. The first kappa shape index (κ1) is 18.5. The Labute approximate surface area is 163 Å². The number of hydrogen-bond donors (Lipinski definition) is 2. The quantitative estimate of drug-likeness (QED) is 0.844. The van der Waals surface area contributed by atoms with Crippen molar-refractivity contribution in [3.05, 3.63) is 45.6 Å². The zero-order valence-electron chi connectivity index (χ0n) is 16.3. The fraction of sp³-hybridized carbons (Fsp3) is 0.476. The number of aryl methyl sites for hydroxylation is 2. The van der Waals surface area contributed by atoms with Gasteiger partial charge >= 0.3 is 0 Å². The van der Waals surface area contributed by atoms with Crippen molar-refractivity contribution in [2.75, 3.05) is 5.32 Å². The highest BCUT2D eigenvalue weighted by Gasteiger charge is 2.42. The van der Waals surface area contributed by atoms with Crippen LogP contribution in [0.4, 0.5) is 5.69 Å². The van der Waals surface area contributed by atoms with Crippen molar-refractivity contribution >= 4 is 11.6 Å². The topological polar surface area (TPSA) is 93.3 Å². The first-order valence-corrected chi connectivity index (χ1v) is 9.82. The van der Waals surface area contributed by atoms with Gasteiger partial charge in [-0.15, -0.1) is 0 Å². The number of amides is 1. The minimum absolute atomic E-state index is 0.161. The summed E-state index contributed by atoms with van der Waals surface area (Å²) >= 11 is 0. The van der Waals surface area contributed by atoms with Crippen LogP contribution in [0.15, 0.2) is 23.0 Å². The molecule has 2 aliphatic rings. The van der Waals surface area contributed by atoms with E-state index >= 15 is 0 Å². The SMILES string of the molecule is Cc1nc(C)c(CCC(=O)Nc2ccc3c(c2)OC2(CCCCC2)O3)c(=O)[nH]1. The molecule has 1 aliphatic carbocycles. The standard InChI is InChI=1S/C21H25N3O4/c1-13-16(20(26)23-14(2)22-13)7-9-19(25)24-15-6-8-17-18(12-15)28-21(27-17)10-4-3-5-11-21/h6,8,12H,3-5,7,9-11H2,1-2H3,(H,24,25)(H,22,23,26). The normalized spacial score (nSPS) is 16.9. The predicted octanol–water partition coefficient (Wildman–Crippen LogP) is 3.39. The van der Waals surface area contributed by atoms with Crippen LogP contribution in [-0.4, -0.2) is 21.7 Å². The van der Waals surface area contributed by atoms with Gasteiger partial charge in [-0.05, 0) is 45.2 Å². The molecule has 0 saturated heterocycles. The summed E-state index contributed by atoms with van der Waals surface area (Å²) in [6.07, 6.45) is 5.74. The van der Waals surface area contributed by atoms with Gasteiger partial charge in [-0.1, -0.05) is 6.42 Å². The zero-order valence-corrected chi connectivity index (χ0v) is 16.3. The summed E-state index contributed by atoms with van der Waals surface area (Å²) in [4.78, 5) is 31.3. The van der Waals surface area contributed by atoms with Gasteiger partial charge in [0.1, 0.15) is 5.82 Å². The number of anilines is 1. The summed E-state index contributed by atoms with van der Waals surface area (Å²) in [7, 11) is 0. The van der Waals surface area contributed by atoms with Crippen LogP contribution in [0, 0.1) is 13.8 Å². The molecular formula is C21H25N3O4. The lowest BCUT2D eigenvalue weighted by molar-refractivity contribution is -0.116. The van der Waals surface area contributed by atoms with Crippen LogP contribution >= 0.6 is 0 Å². The Hall–Kier alpha value is -2.83. The molecule has 0 radical (unpaired) electrons. The molecule has 2 heterocycles. The average molecular weight is 383 g/mol. The minimum Gasteiger partial charge on any atom is -0.448 e. The fourth-order valence-electron chi connectivity index (χ4n) is 3.97. The van der Waals surface area contributed by atoms with Gasteiger partial charge in [0.25, 0.3) is 11.3 Å². The van der Waals surface area contributed by atoms with Crippen molar-refractivity contribution in [3.63, 3.8) is 0 Å². The third-order valence-corrected chi connectivity index (χ3v) is 5.38. The number of H-pyrrole nitrogens is 1. The molecule has 1 fully saturated rings. The van der Waals surface area contributed by atoms with E-state index < -0.39 is 5.79 Å². The molecule has 0 atom stereocenters. The maximum atomic E-state index is 12.4. The van der Waals surface area contributed by atoms with Gasteiger partial charge in [0.15, 0.2) is 11.5 Å². The molecule has 1 spiro atoms. The number of hydrogen-bond acceptors (Lipinski definition) is 5. The number of nitrogens with zero attached hydrogens (tertiary/aromatic N) is 1. The molecule has 1 aromatic heterocycles. The molecule has 7 nitrogen and oxygen atoms in total. The second-order valence-corrected chi connectivity index (χ2v) is 7.60. The Balaban J connectivity index is 1.39. The Morgan fingerprint density at radius 1 is 1.18 bits per heavy atom. The van der Waals surface area contributed by atoms with Crippen molar-refractivity contribution in [2.45, 2.75) is 64.6 Å². The molecule has 1 amide bonds. The van der Waals surface area contributed by atoms with Gasteiger partial charge < -0.3 is 19.8 Å². The first-order chi connectivity index (χ1) is 13.4. The van der Waals surface area contributed by atoms with Crippen LogP contribution in [0.1, 0.15) is 55.6 Å². The molecule has 4 rings (SSSR count). The third-order valence-electron chi connectivity index (χ3n) is 5.38. The van der Waals surface area contributed by atoms with E-state index in [1.807, 2.05) is 18.2 Å². The summed E-state index contributed by atoms with van der Waals surface area (Å²) in [6, 6.07) is 5.46. The second-order valence-electron chi connectivity index (χ2n) is 7.60. The van der Waals surface area contributed by atoms with Crippen LogP contribution in [0.5, 0.6) is 11.5 Å². The van der Waals surface area contributed by atoms with E-state index in [0.717, 1.165) is 31.4 Å². The van der Waals surface area contributed by atoms with E-state index in [1.165, 1.54) is 6.42 Å². The number of nitrogens with one attached hydrogen (secondary N) is 2. The van der Waals surface area contributed by atoms with Gasteiger partial charge in [-0.3, -0.25) is 9.59 Å². The number of aromatic nitrogens is 2. The lowest BCUT2D eigenvalue weighted by atomic mass is 9.94. The van der Waals surface area contributed by atoms with Crippen LogP contribution in [0.3, 0.4) is 0 Å². The molecule has 148 valence electrons. The number of aromatic amines is 1. The molecular weight excluding hydrogens is 358 g/mol. The Kier molecular flexibility index (Phi) is 4.83. The highest BCUT2D eigenvalue weighted by molar-refractivity contribution is 5.91. The van der Waals surface area contributed by atoms with E-state index in [2.05, 4.69) is 15.3 Å². The number of ether oxygens (including phenoxy) is 2. The molecule has 1 saturated carbocycles. The van der Waals surface area contributed by atoms with E-state index in [4.69, 9.17) is 9.47 Å². The summed E-state index contributed by atoms with van der Waals surface area (Å²) in [6.45, 7) is 3.52. The largest absolute Gasteiger partial charge is 0.448 e. The maximum absolute atomic E-state index is 12.4. The van der Waals surface area contributed by atoms with Crippen molar-refractivity contribution in [1.29, 1.82) is 0 Å². The van der Waals surface area contributed by atoms with Crippen molar-refractivity contribution in [1.82, 2.24) is 9.97 Å². The number of rotatable bonds is 4. The monoisotopic (exact) mass is 383 g/mol. The summed E-state index contributed by atoms with van der Waals surface area (Å²) < 4.78 is 12.2. The maximum Gasteiger partial charge on any atom is 0.254 e. The van der Waals surface area contributed by atoms with Crippen molar-refractivity contribution < 1.29 is 14.3 Å². The molecule has 1 aliphatic heterocycles. The summed E-state index contributed by atoms with van der Waals surface area (Å²) in [5, 5.41) is 2.88. The molecule has 2 aromatic rings. The highest BCUT2D eigenvalue weighted by atomic mass is 16.7. The van der Waals surface area contributed by atoms with Gasteiger partial charge in [0.2, 0.25) is 5.91 Å². The van der Waals surface area contributed by atoms with E-state index in [9.17, 15) is 9.59 Å². The second kappa shape index (κ2) is 7.30. The van der Waals surface area contributed by atoms with Gasteiger partial charge in [0.05, 0.1) is 0 Å². The number of benzene rings is 1. The fourth-order valence-corrected chi connectivity index (χ4v) is 3.97. The average Bonchev–Trinajstić information content (AvgIpc) is 2.97. The Bertz CT molecular complexity index is 961. The molecule has 28 heavy (non-hydrogen) atoms. The molecule has 1 aromatic carbocycles. The van der Waals surface area contributed by atoms with Crippen LogP contribution in [-0.2, 0) is 11.2 Å². The summed E-state index contributed by atoms with van der Waals surface area (Å²) in [5.41, 5.74) is 1.69. The van der Waals surface area contributed by atoms with Crippen LogP contribution in [0.2, 0.25) is 0 Å². The smallest absolute Gasteiger partial charge is 0.254 e. The van der Waals surface area contributed by atoms with Gasteiger partial charge in [-0.2, -0.15) is 0 Å². The number of carbonyl (C=O) groups excluding carboxylic acids is 1. The Morgan fingerprint density at radius 3 is 2.68 bits per heavy atom. The van der Waals surface area contributed by atoms with Gasteiger partial charge in [0, 0.05) is 42.3 Å². The van der Waals surface area contributed by atoms with Gasteiger partial charge in [-0.25, -0.2) is 4.98 Å². The van der Waals surface area contributed by atoms with Crippen molar-refractivity contribution in [3.8, 4) is 11.5 Å². The van der Waals surface area contributed by atoms with E-state index in [0.29, 0.717) is 34.9 Å². The first-order valence-electron chi connectivity index (χ1n) is 9.82. The molecule has 0 bridgehead atoms. The number of fused-ring (bicyclic) bond motifs is 1.